The zero-order valence-corrected chi connectivity index (χ0v) is 23.6. The van der Waals surface area contributed by atoms with Crippen LogP contribution in [0.1, 0.15) is 27.7 Å². The summed E-state index contributed by atoms with van der Waals surface area (Å²) >= 11 is 7.52. The molecule has 0 saturated heterocycles. The summed E-state index contributed by atoms with van der Waals surface area (Å²) in [7, 11) is -3.99. The summed E-state index contributed by atoms with van der Waals surface area (Å²) in [4.78, 5) is 17.0. The van der Waals surface area contributed by atoms with Crippen LogP contribution in [0.2, 0.25) is 5.02 Å². The minimum Gasteiger partial charge on any atom is -0.481 e. The van der Waals surface area contributed by atoms with E-state index in [-0.39, 0.29) is 12.8 Å². The quantitative estimate of drug-likeness (QED) is 0.164. The molecular weight excluding hydrogens is 568 g/mol. The number of carboxylic acid groups (broad SMARTS) is 1. The number of fused-ring (bicyclic) bond motifs is 1. The van der Waals surface area contributed by atoms with Crippen LogP contribution in [-0.2, 0) is 27.8 Å². The smallest absolute Gasteiger partial charge is 0.303 e. The van der Waals surface area contributed by atoms with Gasteiger partial charge in [0, 0.05) is 50.6 Å². The molecule has 1 atom stereocenters. The molecule has 2 aromatic carbocycles. The number of aryl methyl sites for hydroxylation is 1. The summed E-state index contributed by atoms with van der Waals surface area (Å²) in [5.74, 6) is -0.472. The molecule has 3 aromatic heterocycles. The molecule has 40 heavy (non-hydrogen) atoms. The Balaban J connectivity index is 1.40. The second-order valence-electron chi connectivity index (χ2n) is 9.07. The number of aromatic nitrogens is 2. The molecule has 0 aliphatic carbocycles. The van der Waals surface area contributed by atoms with Crippen molar-refractivity contribution in [2.75, 3.05) is 0 Å². The number of carboxylic acids is 1. The molecule has 0 aliphatic heterocycles. The summed E-state index contributed by atoms with van der Waals surface area (Å²) in [6, 6.07) is 22.0. The van der Waals surface area contributed by atoms with Crippen LogP contribution in [0.4, 0.5) is 0 Å². The number of benzene rings is 2. The molecule has 0 fully saturated rings. The van der Waals surface area contributed by atoms with Crippen molar-refractivity contribution in [2.45, 2.75) is 24.7 Å². The van der Waals surface area contributed by atoms with Crippen molar-refractivity contribution in [1.82, 2.24) is 8.96 Å². The Morgan fingerprint density at radius 2 is 1.93 bits per heavy atom. The number of halogens is 1. The highest BCUT2D eigenvalue weighted by molar-refractivity contribution is 7.90. The van der Waals surface area contributed by atoms with Crippen molar-refractivity contribution in [3.8, 4) is 16.3 Å². The molecule has 7 nitrogen and oxygen atoms in total. The average Bonchev–Trinajstić information content (AvgIpc) is 3.57. The summed E-state index contributed by atoms with van der Waals surface area (Å²) in [5, 5.41) is 9.17. The van der Waals surface area contributed by atoms with E-state index >= 15 is 0 Å². The van der Waals surface area contributed by atoms with Gasteiger partial charge in [-0.2, -0.15) is 0 Å². The fourth-order valence-corrected chi connectivity index (χ4v) is 7.63. The largest absolute Gasteiger partial charge is 0.481 e. The SMILES string of the molecule is C=CC(c1ccc(-c2ccc(OCc3ccccc3)nc2)s1)S(=O)(=O)n1cc(CCC(=O)O)c2cc(Cl)ccc21. The van der Waals surface area contributed by atoms with Crippen LogP contribution in [-0.4, -0.2) is 28.5 Å². The van der Waals surface area contributed by atoms with Gasteiger partial charge in [0.2, 0.25) is 5.88 Å². The van der Waals surface area contributed by atoms with Gasteiger partial charge in [0.15, 0.2) is 0 Å². The zero-order valence-electron chi connectivity index (χ0n) is 21.2. The van der Waals surface area contributed by atoms with Gasteiger partial charge < -0.3 is 9.84 Å². The van der Waals surface area contributed by atoms with E-state index in [4.69, 9.17) is 21.4 Å². The van der Waals surface area contributed by atoms with Gasteiger partial charge in [0.1, 0.15) is 11.9 Å². The summed E-state index contributed by atoms with van der Waals surface area (Å²) in [6.45, 7) is 4.23. The predicted molar refractivity (Wildman–Crippen MR) is 158 cm³/mol. The van der Waals surface area contributed by atoms with E-state index in [9.17, 15) is 13.2 Å². The molecule has 0 amide bonds. The standard InChI is InChI=1S/C30H25ClN2O5S2/c1-2-28(40(36,37)33-18-22(9-15-30(34)35)24-16-23(31)10-11-25(24)33)27-13-12-26(39-27)21-8-14-29(32-17-21)38-19-20-6-4-3-5-7-20/h2-8,10-14,16-18,28H,1,9,15,19H2,(H,34,35). The summed E-state index contributed by atoms with van der Waals surface area (Å²) in [6.07, 6.45) is 4.64. The van der Waals surface area contributed by atoms with E-state index in [1.54, 1.807) is 36.5 Å². The van der Waals surface area contributed by atoms with Gasteiger partial charge in [0.25, 0.3) is 10.0 Å². The van der Waals surface area contributed by atoms with Crippen LogP contribution in [0.3, 0.4) is 0 Å². The lowest BCUT2D eigenvalue weighted by atomic mass is 10.1. The predicted octanol–water partition coefficient (Wildman–Crippen LogP) is 7.12. The van der Waals surface area contributed by atoms with Crippen LogP contribution in [0.15, 0.2) is 97.8 Å². The maximum absolute atomic E-state index is 13.9. The molecular formula is C30H25ClN2O5S2. The zero-order chi connectivity index (χ0) is 28.3. The Labute approximate surface area is 241 Å². The Morgan fingerprint density at radius 3 is 2.62 bits per heavy atom. The van der Waals surface area contributed by atoms with Crippen molar-refractivity contribution >= 4 is 49.8 Å². The minimum absolute atomic E-state index is 0.130. The molecule has 0 spiro atoms. The molecule has 204 valence electrons. The molecule has 0 bridgehead atoms. The normalized spacial score (nSPS) is 12.3. The highest BCUT2D eigenvalue weighted by atomic mass is 35.5. The second kappa shape index (κ2) is 11.7. The Morgan fingerprint density at radius 1 is 1.12 bits per heavy atom. The number of hydrogen-bond acceptors (Lipinski definition) is 6. The number of rotatable bonds is 11. The highest BCUT2D eigenvalue weighted by Gasteiger charge is 2.30. The monoisotopic (exact) mass is 592 g/mol. The molecule has 0 aliphatic rings. The number of aliphatic carboxylic acids is 1. The lowest BCUT2D eigenvalue weighted by Crippen LogP contribution is -2.18. The average molecular weight is 593 g/mol. The van der Waals surface area contributed by atoms with Crippen LogP contribution in [0.5, 0.6) is 5.88 Å². The topological polar surface area (TPSA) is 98.5 Å². The van der Waals surface area contributed by atoms with Crippen LogP contribution < -0.4 is 4.74 Å². The van der Waals surface area contributed by atoms with E-state index in [0.29, 0.717) is 38.9 Å². The first kappa shape index (κ1) is 27.6. The van der Waals surface area contributed by atoms with E-state index in [2.05, 4.69) is 11.6 Å². The Bertz CT molecular complexity index is 1780. The fourth-order valence-electron chi connectivity index (χ4n) is 4.40. The van der Waals surface area contributed by atoms with Gasteiger partial charge in [-0.25, -0.2) is 17.4 Å². The lowest BCUT2D eigenvalue weighted by molar-refractivity contribution is -0.136. The van der Waals surface area contributed by atoms with Gasteiger partial charge in [0.05, 0.1) is 5.52 Å². The van der Waals surface area contributed by atoms with Crippen LogP contribution in [0, 0.1) is 0 Å². The van der Waals surface area contributed by atoms with E-state index in [0.717, 1.165) is 16.0 Å². The first-order valence-electron chi connectivity index (χ1n) is 12.4. The van der Waals surface area contributed by atoms with E-state index in [1.807, 2.05) is 42.5 Å². The maximum Gasteiger partial charge on any atom is 0.303 e. The number of carbonyl (C=O) groups is 1. The van der Waals surface area contributed by atoms with Gasteiger partial charge in [-0.3, -0.25) is 4.79 Å². The van der Waals surface area contributed by atoms with Crippen molar-refractivity contribution in [2.24, 2.45) is 0 Å². The molecule has 5 aromatic rings. The van der Waals surface area contributed by atoms with Crippen molar-refractivity contribution in [1.29, 1.82) is 0 Å². The number of thiophene rings is 1. The van der Waals surface area contributed by atoms with Gasteiger partial charge in [-0.1, -0.05) is 48.0 Å². The number of hydrogen-bond donors (Lipinski definition) is 1. The maximum atomic E-state index is 13.9. The van der Waals surface area contributed by atoms with Crippen LogP contribution >= 0.6 is 22.9 Å². The number of ether oxygens (including phenoxy) is 1. The Hall–Kier alpha value is -3.92. The van der Waals surface area contributed by atoms with E-state index in [1.165, 1.54) is 27.6 Å². The molecule has 3 heterocycles. The van der Waals surface area contributed by atoms with Crippen molar-refractivity contribution < 1.29 is 23.1 Å². The fraction of sp³-hybridized carbons (Fsp3) is 0.133. The summed E-state index contributed by atoms with van der Waals surface area (Å²) in [5.41, 5.74) is 2.91. The summed E-state index contributed by atoms with van der Waals surface area (Å²) < 4.78 is 34.8. The number of pyridine rings is 1. The van der Waals surface area contributed by atoms with Crippen LogP contribution in [0.25, 0.3) is 21.3 Å². The van der Waals surface area contributed by atoms with Gasteiger partial charge >= 0.3 is 5.97 Å². The number of nitrogens with zero attached hydrogens (tertiary/aromatic N) is 2. The molecule has 1 unspecified atom stereocenters. The third-order valence-electron chi connectivity index (χ3n) is 6.39. The molecule has 0 radical (unpaired) electrons. The third-order valence-corrected chi connectivity index (χ3v) is 9.93. The van der Waals surface area contributed by atoms with Crippen molar-refractivity contribution in [3.63, 3.8) is 0 Å². The van der Waals surface area contributed by atoms with Gasteiger partial charge in [-0.15, -0.1) is 17.9 Å². The molecule has 0 saturated carbocycles. The molecule has 1 N–H and O–H groups in total. The first-order chi connectivity index (χ1) is 19.3. The van der Waals surface area contributed by atoms with Gasteiger partial charge in [-0.05, 0) is 53.9 Å². The third kappa shape index (κ3) is 5.82. The lowest BCUT2D eigenvalue weighted by Gasteiger charge is -2.14. The first-order valence-corrected chi connectivity index (χ1v) is 15.1. The second-order valence-corrected chi connectivity index (χ2v) is 12.6. The van der Waals surface area contributed by atoms with E-state index < -0.39 is 21.2 Å². The highest BCUT2D eigenvalue weighted by Crippen LogP contribution is 2.38. The Kier molecular flexibility index (Phi) is 8.07. The molecule has 5 rings (SSSR count). The molecule has 10 heteroatoms. The minimum atomic E-state index is -3.99. The van der Waals surface area contributed by atoms with Crippen molar-refractivity contribution in [3.05, 3.63) is 119 Å².